The maximum Gasteiger partial charge on any atom is 0.208 e. The van der Waals surface area contributed by atoms with Crippen LogP contribution >= 0.6 is 0 Å². The zero-order chi connectivity index (χ0) is 16.9. The van der Waals surface area contributed by atoms with E-state index in [0.717, 1.165) is 23.0 Å². The first-order valence-electron chi connectivity index (χ1n) is 7.35. The van der Waals surface area contributed by atoms with Gasteiger partial charge in [-0.05, 0) is 37.1 Å². The van der Waals surface area contributed by atoms with Crippen molar-refractivity contribution in [2.75, 3.05) is 37.9 Å². The molecule has 0 amide bonds. The topological polar surface area (TPSA) is 93.2 Å². The average Bonchev–Trinajstić information content (AvgIpc) is 2.47. The van der Waals surface area contributed by atoms with Gasteiger partial charge in [0.1, 0.15) is 12.1 Å². The van der Waals surface area contributed by atoms with Crippen LogP contribution in [0, 0.1) is 13.8 Å². The van der Waals surface area contributed by atoms with Gasteiger partial charge in [0, 0.05) is 18.5 Å². The molecule has 0 aliphatic heterocycles. The molecule has 1 heterocycles. The summed E-state index contributed by atoms with van der Waals surface area (Å²) in [4.78, 5) is 8.56. The van der Waals surface area contributed by atoms with Crippen LogP contribution in [0.1, 0.15) is 11.1 Å². The normalized spacial score (nSPS) is 11.8. The smallest absolute Gasteiger partial charge is 0.208 e. The summed E-state index contributed by atoms with van der Waals surface area (Å²) in [6.45, 7) is 5.76. The van der Waals surface area contributed by atoms with Crippen molar-refractivity contribution in [3.63, 3.8) is 0 Å². The Hall–Kier alpha value is -1.77. The number of anilines is 1. The molecule has 0 fully saturated rings. The van der Waals surface area contributed by atoms with E-state index in [1.165, 1.54) is 17.5 Å². The minimum absolute atomic E-state index is 0.272. The van der Waals surface area contributed by atoms with Crippen molar-refractivity contribution < 1.29 is 13.2 Å². The minimum Gasteiger partial charge on any atom is -0.378 e. The Morgan fingerprint density at radius 3 is 2.52 bits per heavy atom. The van der Waals surface area contributed by atoms with Crippen LogP contribution in [0.5, 0.6) is 0 Å². The number of nitrogens with one attached hydrogen (secondary N) is 2. The highest BCUT2D eigenvalue weighted by Crippen LogP contribution is 2.22. The number of hydrogen-bond acceptors (Lipinski definition) is 6. The first-order valence-corrected chi connectivity index (χ1v) is 9.24. The second-order valence-corrected chi connectivity index (χ2v) is 7.21. The first kappa shape index (κ1) is 17.6. The molecule has 2 N–H and O–H groups in total. The highest BCUT2D eigenvalue weighted by molar-refractivity contribution is 7.88. The molecule has 0 aliphatic rings. The van der Waals surface area contributed by atoms with Crippen LogP contribution in [-0.2, 0) is 14.8 Å². The van der Waals surface area contributed by atoms with Crippen molar-refractivity contribution >= 4 is 26.7 Å². The average molecular weight is 338 g/mol. The molecule has 1 aromatic carbocycles. The largest absolute Gasteiger partial charge is 0.378 e. The molecule has 7 nitrogen and oxygen atoms in total. The van der Waals surface area contributed by atoms with Crippen molar-refractivity contribution in [3.8, 4) is 0 Å². The molecular weight excluding hydrogens is 316 g/mol. The minimum atomic E-state index is -3.15. The quantitative estimate of drug-likeness (QED) is 0.703. The number of nitrogens with zero attached hydrogens (tertiary/aromatic N) is 2. The number of sulfonamides is 1. The van der Waals surface area contributed by atoms with E-state index in [1.54, 1.807) is 0 Å². The van der Waals surface area contributed by atoms with Crippen LogP contribution in [0.2, 0.25) is 0 Å². The molecular formula is C15H22N4O3S. The standard InChI is InChI=1S/C15H22N4O3S/c1-11-8-13-14(9-12(11)2)17-10-18-15(13)16-4-6-22-7-5-19-23(3,20)21/h8-10,19H,4-7H2,1-3H3,(H,16,17,18). The zero-order valence-electron chi connectivity index (χ0n) is 13.6. The second-order valence-electron chi connectivity index (χ2n) is 5.38. The molecule has 0 aliphatic carbocycles. The number of benzene rings is 1. The van der Waals surface area contributed by atoms with Crippen molar-refractivity contribution in [2.24, 2.45) is 0 Å². The third-order valence-electron chi connectivity index (χ3n) is 3.40. The van der Waals surface area contributed by atoms with Gasteiger partial charge in [-0.3, -0.25) is 0 Å². The van der Waals surface area contributed by atoms with E-state index in [-0.39, 0.29) is 6.54 Å². The summed E-state index contributed by atoms with van der Waals surface area (Å²) >= 11 is 0. The lowest BCUT2D eigenvalue weighted by molar-refractivity contribution is 0.149. The SMILES string of the molecule is Cc1cc2ncnc(NCCOCCNS(C)(=O)=O)c2cc1C. The van der Waals surface area contributed by atoms with E-state index in [0.29, 0.717) is 19.8 Å². The van der Waals surface area contributed by atoms with Gasteiger partial charge in [-0.2, -0.15) is 0 Å². The lowest BCUT2D eigenvalue weighted by Gasteiger charge is -2.10. The fourth-order valence-corrected chi connectivity index (χ4v) is 2.55. The molecule has 0 radical (unpaired) electrons. The Morgan fingerprint density at radius 2 is 1.78 bits per heavy atom. The maximum atomic E-state index is 10.9. The van der Waals surface area contributed by atoms with Gasteiger partial charge in [0.2, 0.25) is 10.0 Å². The molecule has 2 aromatic rings. The predicted octanol–water partition coefficient (Wildman–Crippen LogP) is 1.22. The van der Waals surface area contributed by atoms with Gasteiger partial charge in [-0.25, -0.2) is 23.1 Å². The number of aromatic nitrogens is 2. The maximum absolute atomic E-state index is 10.9. The molecule has 0 saturated carbocycles. The van der Waals surface area contributed by atoms with Crippen molar-refractivity contribution in [2.45, 2.75) is 13.8 Å². The molecule has 0 unspecified atom stereocenters. The van der Waals surface area contributed by atoms with Crippen molar-refractivity contribution in [1.29, 1.82) is 0 Å². The number of aryl methyl sites for hydroxylation is 2. The Labute approximate surface area is 136 Å². The Morgan fingerprint density at radius 1 is 1.09 bits per heavy atom. The monoisotopic (exact) mass is 338 g/mol. The van der Waals surface area contributed by atoms with Crippen LogP contribution < -0.4 is 10.0 Å². The molecule has 0 saturated heterocycles. The number of hydrogen-bond donors (Lipinski definition) is 2. The zero-order valence-corrected chi connectivity index (χ0v) is 14.4. The van der Waals surface area contributed by atoms with E-state index >= 15 is 0 Å². The van der Waals surface area contributed by atoms with Gasteiger partial charge in [-0.1, -0.05) is 0 Å². The molecule has 0 spiro atoms. The van der Waals surface area contributed by atoms with E-state index in [1.807, 2.05) is 6.07 Å². The van der Waals surface area contributed by atoms with Gasteiger partial charge in [0.25, 0.3) is 0 Å². The molecule has 23 heavy (non-hydrogen) atoms. The highest BCUT2D eigenvalue weighted by Gasteiger charge is 2.05. The van der Waals surface area contributed by atoms with Crippen LogP contribution in [0.25, 0.3) is 10.9 Å². The third kappa shape index (κ3) is 5.42. The number of rotatable bonds is 8. The number of ether oxygens (including phenoxy) is 1. The van der Waals surface area contributed by atoms with Gasteiger partial charge in [0.05, 0.1) is 25.0 Å². The third-order valence-corrected chi connectivity index (χ3v) is 4.13. The summed E-state index contributed by atoms with van der Waals surface area (Å²) in [5.74, 6) is 0.774. The van der Waals surface area contributed by atoms with Crippen molar-refractivity contribution in [3.05, 3.63) is 29.6 Å². The molecule has 0 atom stereocenters. The van der Waals surface area contributed by atoms with Gasteiger partial charge in [-0.15, -0.1) is 0 Å². The fraction of sp³-hybridized carbons (Fsp3) is 0.467. The van der Waals surface area contributed by atoms with E-state index < -0.39 is 10.0 Å². The summed E-state index contributed by atoms with van der Waals surface area (Å²) in [6.07, 6.45) is 2.66. The molecule has 0 bridgehead atoms. The Bertz CT molecular complexity index is 778. The summed E-state index contributed by atoms with van der Waals surface area (Å²) in [6, 6.07) is 4.12. The van der Waals surface area contributed by atoms with E-state index in [2.05, 4.69) is 39.9 Å². The summed E-state index contributed by atoms with van der Waals surface area (Å²) in [7, 11) is -3.15. The van der Waals surface area contributed by atoms with Crippen LogP contribution in [-0.4, -0.2) is 50.9 Å². The van der Waals surface area contributed by atoms with E-state index in [9.17, 15) is 8.42 Å². The van der Waals surface area contributed by atoms with Crippen LogP contribution in [0.15, 0.2) is 18.5 Å². The lowest BCUT2D eigenvalue weighted by atomic mass is 10.1. The second kappa shape index (κ2) is 7.67. The first-order chi connectivity index (χ1) is 10.9. The van der Waals surface area contributed by atoms with Crippen LogP contribution in [0.4, 0.5) is 5.82 Å². The molecule has 8 heteroatoms. The summed E-state index contributed by atoms with van der Waals surface area (Å²) in [5.41, 5.74) is 3.30. The Kier molecular flexibility index (Phi) is 5.86. The van der Waals surface area contributed by atoms with Gasteiger partial charge < -0.3 is 10.1 Å². The molecule has 126 valence electrons. The van der Waals surface area contributed by atoms with Crippen molar-refractivity contribution in [1.82, 2.24) is 14.7 Å². The van der Waals surface area contributed by atoms with Gasteiger partial charge >= 0.3 is 0 Å². The molecule has 1 aromatic heterocycles. The molecule has 2 rings (SSSR count). The fourth-order valence-electron chi connectivity index (χ4n) is 2.10. The summed E-state index contributed by atoms with van der Waals surface area (Å²) in [5, 5.41) is 4.21. The van der Waals surface area contributed by atoms with Gasteiger partial charge in [0.15, 0.2) is 0 Å². The summed E-state index contributed by atoms with van der Waals surface area (Å²) < 4.78 is 29.5. The number of fused-ring (bicyclic) bond motifs is 1. The predicted molar refractivity (Wildman–Crippen MR) is 91.2 cm³/mol. The Balaban J connectivity index is 1.84. The van der Waals surface area contributed by atoms with E-state index in [4.69, 9.17) is 4.74 Å². The lowest BCUT2D eigenvalue weighted by Crippen LogP contribution is -2.26. The highest BCUT2D eigenvalue weighted by atomic mass is 32.2. The van der Waals surface area contributed by atoms with Crippen LogP contribution in [0.3, 0.4) is 0 Å².